The highest BCUT2D eigenvalue weighted by Crippen LogP contribution is 2.22. The average molecular weight is 302 g/mol. The highest BCUT2D eigenvalue weighted by atomic mass is 79.9. The van der Waals surface area contributed by atoms with Gasteiger partial charge in [0.05, 0.1) is 0 Å². The molecule has 0 bridgehead atoms. The fraction of sp³-hybridized carbons (Fsp3) is 0.300. The van der Waals surface area contributed by atoms with Gasteiger partial charge in [0.15, 0.2) is 0 Å². The summed E-state index contributed by atoms with van der Waals surface area (Å²) in [5.74, 6) is -0.746. The van der Waals surface area contributed by atoms with Crippen LogP contribution < -0.4 is 10.2 Å². The number of pyridine rings is 1. The molecule has 0 unspecified atom stereocenters. The van der Waals surface area contributed by atoms with Crippen molar-refractivity contribution in [2.75, 3.05) is 11.4 Å². The van der Waals surface area contributed by atoms with E-state index in [-0.39, 0.29) is 24.7 Å². The van der Waals surface area contributed by atoms with Crippen molar-refractivity contribution >= 4 is 33.7 Å². The van der Waals surface area contributed by atoms with Crippen molar-refractivity contribution in [1.29, 1.82) is 0 Å². The van der Waals surface area contributed by atoms with Crippen molar-refractivity contribution in [2.24, 2.45) is 0 Å². The van der Waals surface area contributed by atoms with Gasteiger partial charge in [-0.25, -0.2) is 9.78 Å². The number of halogens is 2. The van der Waals surface area contributed by atoms with Crippen LogP contribution in [0.2, 0.25) is 0 Å². The van der Waals surface area contributed by atoms with Gasteiger partial charge in [-0.1, -0.05) is 15.9 Å². The Labute approximate surface area is 105 Å². The number of nitrogens with one attached hydrogen (secondary N) is 1. The standard InChI is InChI=1S/C10H9BrFN3O2/c11-5-6-1-2-7(12)13-9(6)15-4-3-8(16)14-10(15)17/h1-2H,3-5H2,(H,14,16,17). The van der Waals surface area contributed by atoms with Gasteiger partial charge in [0.25, 0.3) is 0 Å². The van der Waals surface area contributed by atoms with E-state index < -0.39 is 12.0 Å². The van der Waals surface area contributed by atoms with Crippen LogP contribution in [0.25, 0.3) is 0 Å². The lowest BCUT2D eigenvalue weighted by Gasteiger charge is -2.26. The zero-order valence-corrected chi connectivity index (χ0v) is 10.3. The number of carbonyl (C=O) groups excluding carboxylic acids is 2. The quantitative estimate of drug-likeness (QED) is 0.666. The highest BCUT2D eigenvalue weighted by molar-refractivity contribution is 9.08. The summed E-state index contributed by atoms with van der Waals surface area (Å²) in [6, 6.07) is 2.21. The summed E-state index contributed by atoms with van der Waals surface area (Å²) < 4.78 is 13.1. The van der Waals surface area contributed by atoms with Crippen LogP contribution in [0.3, 0.4) is 0 Å². The van der Waals surface area contributed by atoms with Crippen molar-refractivity contribution in [2.45, 2.75) is 11.8 Å². The van der Waals surface area contributed by atoms with Crippen molar-refractivity contribution in [3.63, 3.8) is 0 Å². The molecule has 0 saturated carbocycles. The van der Waals surface area contributed by atoms with Crippen LogP contribution in [0, 0.1) is 5.95 Å². The molecule has 0 aliphatic carbocycles. The Morgan fingerprint density at radius 1 is 1.47 bits per heavy atom. The van der Waals surface area contributed by atoms with Gasteiger partial charge in [0.2, 0.25) is 11.9 Å². The Morgan fingerprint density at radius 3 is 2.88 bits per heavy atom. The number of hydrogen-bond acceptors (Lipinski definition) is 3. The normalized spacial score (nSPS) is 16.0. The van der Waals surface area contributed by atoms with Gasteiger partial charge in [-0.2, -0.15) is 4.39 Å². The van der Waals surface area contributed by atoms with Crippen molar-refractivity contribution in [3.05, 3.63) is 23.6 Å². The molecule has 7 heteroatoms. The maximum atomic E-state index is 13.1. The smallest absolute Gasteiger partial charge is 0.278 e. The fourth-order valence-electron chi connectivity index (χ4n) is 1.56. The molecule has 1 aliphatic heterocycles. The molecule has 1 fully saturated rings. The summed E-state index contributed by atoms with van der Waals surface area (Å²) in [6.45, 7) is 0.209. The first-order chi connectivity index (χ1) is 8.11. The molecule has 1 aromatic rings. The van der Waals surface area contributed by atoms with Crippen LogP contribution in [0.15, 0.2) is 12.1 Å². The molecule has 2 rings (SSSR count). The monoisotopic (exact) mass is 301 g/mol. The second-order valence-corrected chi connectivity index (χ2v) is 4.07. The first-order valence-corrected chi connectivity index (χ1v) is 6.06. The van der Waals surface area contributed by atoms with E-state index in [1.54, 1.807) is 6.07 Å². The minimum absolute atomic E-state index is 0.186. The first-order valence-electron chi connectivity index (χ1n) is 4.94. The summed E-state index contributed by atoms with van der Waals surface area (Å²) >= 11 is 3.24. The van der Waals surface area contributed by atoms with Crippen molar-refractivity contribution < 1.29 is 14.0 Å². The minimum Gasteiger partial charge on any atom is -0.278 e. The zero-order chi connectivity index (χ0) is 12.4. The molecule has 0 radical (unpaired) electrons. The Balaban J connectivity index is 2.35. The third kappa shape index (κ3) is 2.44. The van der Waals surface area contributed by atoms with E-state index in [9.17, 15) is 14.0 Å². The molecule has 1 aliphatic rings. The summed E-state index contributed by atoms with van der Waals surface area (Å²) in [4.78, 5) is 27.6. The van der Waals surface area contributed by atoms with Gasteiger partial charge in [-0.15, -0.1) is 0 Å². The maximum absolute atomic E-state index is 13.1. The van der Waals surface area contributed by atoms with Crippen LogP contribution >= 0.6 is 15.9 Å². The number of hydrogen-bond donors (Lipinski definition) is 1. The molecule has 1 aromatic heterocycles. The minimum atomic E-state index is -0.658. The van der Waals surface area contributed by atoms with Gasteiger partial charge in [0.1, 0.15) is 5.82 Å². The largest absolute Gasteiger partial charge is 0.329 e. The van der Waals surface area contributed by atoms with E-state index in [4.69, 9.17) is 0 Å². The third-order valence-electron chi connectivity index (χ3n) is 2.38. The van der Waals surface area contributed by atoms with Crippen LogP contribution in [0.1, 0.15) is 12.0 Å². The number of anilines is 1. The van der Waals surface area contributed by atoms with Crippen LogP contribution in [0.4, 0.5) is 15.0 Å². The van der Waals surface area contributed by atoms with Crippen LogP contribution in [-0.4, -0.2) is 23.5 Å². The molecule has 2 heterocycles. The van der Waals surface area contributed by atoms with E-state index >= 15 is 0 Å². The Kier molecular flexibility index (Phi) is 3.37. The molecule has 0 spiro atoms. The van der Waals surface area contributed by atoms with E-state index in [2.05, 4.69) is 26.2 Å². The number of urea groups is 1. The lowest BCUT2D eigenvalue weighted by atomic mass is 10.2. The molecule has 0 aromatic carbocycles. The van der Waals surface area contributed by atoms with E-state index in [1.807, 2.05) is 0 Å². The van der Waals surface area contributed by atoms with E-state index in [1.165, 1.54) is 11.0 Å². The highest BCUT2D eigenvalue weighted by Gasteiger charge is 2.27. The predicted molar refractivity (Wildman–Crippen MR) is 62.3 cm³/mol. The molecule has 0 atom stereocenters. The molecule has 3 amide bonds. The summed E-state index contributed by atoms with van der Waals surface area (Å²) in [6.07, 6.45) is 0.186. The summed E-state index contributed by atoms with van der Waals surface area (Å²) in [7, 11) is 0. The number of carbonyl (C=O) groups is 2. The number of rotatable bonds is 2. The molecule has 90 valence electrons. The third-order valence-corrected chi connectivity index (χ3v) is 2.98. The van der Waals surface area contributed by atoms with E-state index in [0.717, 1.165) is 0 Å². The predicted octanol–water partition coefficient (Wildman–Crippen LogP) is 1.56. The maximum Gasteiger partial charge on any atom is 0.329 e. The lowest BCUT2D eigenvalue weighted by Crippen LogP contribution is -2.50. The van der Waals surface area contributed by atoms with Gasteiger partial charge in [-0.05, 0) is 12.1 Å². The first kappa shape index (κ1) is 12.0. The Morgan fingerprint density at radius 2 is 2.24 bits per heavy atom. The average Bonchev–Trinajstić information content (AvgIpc) is 2.29. The number of aromatic nitrogens is 1. The lowest BCUT2D eigenvalue weighted by molar-refractivity contribution is -0.120. The molecule has 1 N–H and O–H groups in total. The SMILES string of the molecule is O=C1CCN(c2nc(F)ccc2CBr)C(=O)N1. The van der Waals surface area contributed by atoms with Gasteiger partial charge >= 0.3 is 6.03 Å². The Bertz CT molecular complexity index is 481. The fourth-order valence-corrected chi connectivity index (χ4v) is 2.00. The molecule has 17 heavy (non-hydrogen) atoms. The molecular weight excluding hydrogens is 293 g/mol. The van der Waals surface area contributed by atoms with Crippen molar-refractivity contribution in [3.8, 4) is 0 Å². The zero-order valence-electron chi connectivity index (χ0n) is 8.74. The van der Waals surface area contributed by atoms with Gasteiger partial charge < -0.3 is 0 Å². The second kappa shape index (κ2) is 4.79. The van der Waals surface area contributed by atoms with Crippen molar-refractivity contribution in [1.82, 2.24) is 10.3 Å². The number of nitrogens with zero attached hydrogens (tertiary/aromatic N) is 2. The topological polar surface area (TPSA) is 62.3 Å². The summed E-state index contributed by atoms with van der Waals surface area (Å²) in [5, 5.41) is 2.62. The number of amides is 3. The molecule has 1 saturated heterocycles. The van der Waals surface area contributed by atoms with E-state index in [0.29, 0.717) is 10.9 Å². The second-order valence-electron chi connectivity index (χ2n) is 3.51. The molecular formula is C10H9BrFN3O2. The Hall–Kier alpha value is -1.50. The van der Waals surface area contributed by atoms with Gasteiger partial charge in [0, 0.05) is 23.9 Å². The number of imide groups is 1. The van der Waals surface area contributed by atoms with Gasteiger partial charge in [-0.3, -0.25) is 15.0 Å². The van der Waals surface area contributed by atoms with Crippen LogP contribution in [-0.2, 0) is 10.1 Å². The summed E-state index contributed by atoms with van der Waals surface area (Å²) in [5.41, 5.74) is 0.691. The van der Waals surface area contributed by atoms with Crippen LogP contribution in [0.5, 0.6) is 0 Å². The molecule has 5 nitrogen and oxygen atoms in total. The number of alkyl halides is 1.